The number of nitrogens with zero attached hydrogens (tertiary/aromatic N) is 1. The number of hydrogen-bond acceptors (Lipinski definition) is 2. The molecule has 0 unspecified atom stereocenters. The summed E-state index contributed by atoms with van der Waals surface area (Å²) in [6, 6.07) is 0. The molecular formula is C7H5F6NO2. The Kier molecular flexibility index (Phi) is 4.10. The first kappa shape index (κ1) is 14.5. The summed E-state index contributed by atoms with van der Waals surface area (Å²) in [4.78, 5) is 20.4. The number of amides is 1. The summed E-state index contributed by atoms with van der Waals surface area (Å²) in [5.41, 5.74) is 0. The highest BCUT2D eigenvalue weighted by molar-refractivity contribution is 5.94. The highest BCUT2D eigenvalue weighted by Gasteiger charge is 2.41. The van der Waals surface area contributed by atoms with E-state index in [2.05, 4.69) is 0 Å². The highest BCUT2D eigenvalue weighted by Crippen LogP contribution is 2.19. The molecule has 0 saturated carbocycles. The Balaban J connectivity index is 4.59. The quantitative estimate of drug-likeness (QED) is 0.551. The maximum atomic E-state index is 11.7. The molecule has 3 nitrogen and oxygen atoms in total. The maximum Gasteiger partial charge on any atom is 0.471 e. The summed E-state index contributed by atoms with van der Waals surface area (Å²) in [6.07, 6.45) is -10.5. The molecule has 0 aromatic rings. The number of allylic oxidation sites excluding steroid dienone is 1. The fraction of sp³-hybridized carbons (Fsp3) is 0.429. The number of carbonyl (C=O) groups is 2. The van der Waals surface area contributed by atoms with Gasteiger partial charge in [0.25, 0.3) is 5.78 Å². The van der Waals surface area contributed by atoms with Crippen LogP contribution in [0.5, 0.6) is 0 Å². The fourth-order valence-electron chi connectivity index (χ4n) is 0.542. The summed E-state index contributed by atoms with van der Waals surface area (Å²) >= 11 is 0. The molecule has 0 rings (SSSR count). The Hall–Kier alpha value is -1.54. The molecule has 0 aliphatic carbocycles. The van der Waals surface area contributed by atoms with Gasteiger partial charge in [0.2, 0.25) is 0 Å². The third-order valence-electron chi connectivity index (χ3n) is 1.29. The van der Waals surface area contributed by atoms with E-state index in [-0.39, 0.29) is 17.2 Å². The summed E-state index contributed by atoms with van der Waals surface area (Å²) in [5.74, 6) is -4.73. The molecular weight excluding hydrogens is 244 g/mol. The zero-order valence-electron chi connectivity index (χ0n) is 7.69. The molecule has 9 heteroatoms. The Morgan fingerprint density at radius 1 is 1.00 bits per heavy atom. The Labute approximate surface area is 85.3 Å². The van der Waals surface area contributed by atoms with Gasteiger partial charge in [0, 0.05) is 19.3 Å². The minimum atomic E-state index is -5.21. The predicted molar refractivity (Wildman–Crippen MR) is 39.0 cm³/mol. The molecule has 0 aromatic heterocycles. The van der Waals surface area contributed by atoms with E-state index in [0.29, 0.717) is 7.05 Å². The molecule has 0 aliphatic rings. The standard InChI is InChI=1S/C7H5F6NO2/c1-14(5(16)7(11,12)13)3-2-4(15)6(8,9)10/h2-3H,1H3/b3-2+. The molecule has 0 fully saturated rings. The SMILES string of the molecule is CN(/C=C/C(=O)C(F)(F)F)C(=O)C(F)(F)F. The predicted octanol–water partition coefficient (Wildman–Crippen LogP) is 1.65. The van der Waals surface area contributed by atoms with Gasteiger partial charge in [-0.05, 0) is 0 Å². The smallest absolute Gasteiger partial charge is 0.314 e. The molecule has 1 amide bonds. The number of halogens is 6. The average molecular weight is 249 g/mol. The first-order valence-corrected chi connectivity index (χ1v) is 3.59. The molecule has 0 aliphatic heterocycles. The third-order valence-corrected chi connectivity index (χ3v) is 1.29. The van der Waals surface area contributed by atoms with E-state index in [1.54, 1.807) is 0 Å². The van der Waals surface area contributed by atoms with Crippen LogP contribution in [-0.4, -0.2) is 36.0 Å². The lowest BCUT2D eigenvalue weighted by Crippen LogP contribution is -2.35. The van der Waals surface area contributed by atoms with E-state index in [4.69, 9.17) is 0 Å². The van der Waals surface area contributed by atoms with Crippen LogP contribution in [-0.2, 0) is 9.59 Å². The molecule has 0 spiro atoms. The van der Waals surface area contributed by atoms with Crippen molar-refractivity contribution in [1.82, 2.24) is 4.90 Å². The normalized spacial score (nSPS) is 12.9. The Morgan fingerprint density at radius 2 is 1.44 bits per heavy atom. The lowest BCUT2D eigenvalue weighted by atomic mass is 10.3. The van der Waals surface area contributed by atoms with Crippen molar-refractivity contribution >= 4 is 11.7 Å². The summed E-state index contributed by atoms with van der Waals surface area (Å²) in [5, 5.41) is 0. The molecule has 16 heavy (non-hydrogen) atoms. The minimum Gasteiger partial charge on any atom is -0.314 e. The number of carbonyl (C=O) groups excluding carboxylic acids is 2. The van der Waals surface area contributed by atoms with Gasteiger partial charge in [0.05, 0.1) is 0 Å². The highest BCUT2D eigenvalue weighted by atomic mass is 19.4. The van der Waals surface area contributed by atoms with E-state index < -0.39 is 24.0 Å². The van der Waals surface area contributed by atoms with Crippen LogP contribution in [0, 0.1) is 0 Å². The number of alkyl halides is 6. The second-order valence-electron chi connectivity index (χ2n) is 2.59. The Morgan fingerprint density at radius 3 is 1.75 bits per heavy atom. The number of hydrogen-bond donors (Lipinski definition) is 0. The molecule has 0 atom stereocenters. The summed E-state index contributed by atoms with van der Waals surface area (Å²) in [6.45, 7) is 0. The monoisotopic (exact) mass is 249 g/mol. The van der Waals surface area contributed by atoms with Crippen LogP contribution < -0.4 is 0 Å². The topological polar surface area (TPSA) is 37.4 Å². The van der Waals surface area contributed by atoms with E-state index in [1.807, 2.05) is 0 Å². The van der Waals surface area contributed by atoms with Crippen molar-refractivity contribution in [3.05, 3.63) is 12.3 Å². The molecule has 0 saturated heterocycles. The first-order chi connectivity index (χ1) is 6.96. The van der Waals surface area contributed by atoms with E-state index in [9.17, 15) is 35.9 Å². The first-order valence-electron chi connectivity index (χ1n) is 3.59. The van der Waals surface area contributed by atoms with Gasteiger partial charge in [-0.25, -0.2) is 0 Å². The molecule has 0 bridgehead atoms. The van der Waals surface area contributed by atoms with Crippen molar-refractivity contribution in [2.24, 2.45) is 0 Å². The lowest BCUT2D eigenvalue weighted by Gasteiger charge is -2.13. The van der Waals surface area contributed by atoms with Crippen LogP contribution in [0.15, 0.2) is 12.3 Å². The molecule has 92 valence electrons. The van der Waals surface area contributed by atoms with Crippen LogP contribution in [0.25, 0.3) is 0 Å². The van der Waals surface area contributed by atoms with Crippen molar-refractivity contribution in [3.8, 4) is 0 Å². The van der Waals surface area contributed by atoms with Crippen LogP contribution >= 0.6 is 0 Å². The van der Waals surface area contributed by atoms with Crippen LogP contribution in [0.1, 0.15) is 0 Å². The van der Waals surface area contributed by atoms with Gasteiger partial charge in [0.15, 0.2) is 0 Å². The van der Waals surface area contributed by atoms with Crippen LogP contribution in [0.3, 0.4) is 0 Å². The van der Waals surface area contributed by atoms with Gasteiger partial charge in [-0.15, -0.1) is 0 Å². The third kappa shape index (κ3) is 4.32. The van der Waals surface area contributed by atoms with Gasteiger partial charge in [-0.1, -0.05) is 0 Å². The molecule has 0 heterocycles. The average Bonchev–Trinajstić information content (AvgIpc) is 2.09. The van der Waals surface area contributed by atoms with Gasteiger partial charge >= 0.3 is 18.3 Å². The lowest BCUT2D eigenvalue weighted by molar-refractivity contribution is -0.181. The van der Waals surface area contributed by atoms with Crippen molar-refractivity contribution in [2.45, 2.75) is 12.4 Å². The molecule has 0 radical (unpaired) electrons. The van der Waals surface area contributed by atoms with Crippen molar-refractivity contribution < 1.29 is 35.9 Å². The minimum absolute atomic E-state index is 0.103. The largest absolute Gasteiger partial charge is 0.471 e. The van der Waals surface area contributed by atoms with E-state index >= 15 is 0 Å². The zero-order chi connectivity index (χ0) is 13.1. The number of ketones is 1. The maximum absolute atomic E-state index is 11.7. The van der Waals surface area contributed by atoms with Crippen molar-refractivity contribution in [1.29, 1.82) is 0 Å². The summed E-state index contributed by atoms with van der Waals surface area (Å²) in [7, 11) is 0.579. The van der Waals surface area contributed by atoms with Gasteiger partial charge in [0.1, 0.15) is 0 Å². The summed E-state index contributed by atoms with van der Waals surface area (Å²) < 4.78 is 70.0. The second kappa shape index (κ2) is 4.54. The van der Waals surface area contributed by atoms with Crippen molar-refractivity contribution in [3.63, 3.8) is 0 Å². The van der Waals surface area contributed by atoms with Gasteiger partial charge in [-0.2, -0.15) is 26.3 Å². The van der Waals surface area contributed by atoms with E-state index in [1.165, 1.54) is 0 Å². The van der Waals surface area contributed by atoms with E-state index in [0.717, 1.165) is 0 Å². The second-order valence-corrected chi connectivity index (χ2v) is 2.59. The fourth-order valence-corrected chi connectivity index (χ4v) is 0.542. The van der Waals surface area contributed by atoms with Crippen LogP contribution in [0.4, 0.5) is 26.3 Å². The molecule has 0 aromatic carbocycles. The van der Waals surface area contributed by atoms with Gasteiger partial charge < -0.3 is 4.90 Å². The van der Waals surface area contributed by atoms with Gasteiger partial charge in [-0.3, -0.25) is 9.59 Å². The number of rotatable bonds is 2. The zero-order valence-corrected chi connectivity index (χ0v) is 7.69. The van der Waals surface area contributed by atoms with Crippen molar-refractivity contribution in [2.75, 3.05) is 7.05 Å². The Bertz CT molecular complexity index is 316. The van der Waals surface area contributed by atoms with Crippen LogP contribution in [0.2, 0.25) is 0 Å². The molecule has 0 N–H and O–H groups in total.